The van der Waals surface area contributed by atoms with Gasteiger partial charge in [0.1, 0.15) is 11.5 Å². The molecular formula is C24H29ClN2O5. The highest BCUT2D eigenvalue weighted by molar-refractivity contribution is 6.30. The lowest BCUT2D eigenvalue weighted by molar-refractivity contribution is -0.125. The molecule has 0 radical (unpaired) electrons. The quantitative estimate of drug-likeness (QED) is 0.580. The minimum atomic E-state index is -0.421. The van der Waals surface area contributed by atoms with E-state index in [0.717, 1.165) is 12.0 Å². The van der Waals surface area contributed by atoms with Crippen LogP contribution >= 0.6 is 11.6 Å². The predicted molar refractivity (Wildman–Crippen MR) is 123 cm³/mol. The Kier molecular flexibility index (Phi) is 8.36. The summed E-state index contributed by atoms with van der Waals surface area (Å²) in [6.07, 6.45) is 0.718. The number of hydrogen-bond donors (Lipinski definition) is 1. The monoisotopic (exact) mass is 460 g/mol. The molecule has 32 heavy (non-hydrogen) atoms. The first-order chi connectivity index (χ1) is 15.5. The summed E-state index contributed by atoms with van der Waals surface area (Å²) in [5.74, 6) is 0.440. The highest BCUT2D eigenvalue weighted by Crippen LogP contribution is 2.40. The van der Waals surface area contributed by atoms with Gasteiger partial charge in [0, 0.05) is 55.4 Å². The van der Waals surface area contributed by atoms with Crippen molar-refractivity contribution in [3.63, 3.8) is 0 Å². The van der Waals surface area contributed by atoms with Gasteiger partial charge in [-0.15, -0.1) is 0 Å². The van der Waals surface area contributed by atoms with Crippen molar-refractivity contribution in [1.29, 1.82) is 0 Å². The Hall–Kier alpha value is -2.77. The van der Waals surface area contributed by atoms with Crippen molar-refractivity contribution >= 4 is 23.4 Å². The van der Waals surface area contributed by atoms with Crippen LogP contribution in [-0.4, -0.2) is 64.3 Å². The number of benzene rings is 2. The first kappa shape index (κ1) is 23.9. The molecule has 0 aliphatic carbocycles. The summed E-state index contributed by atoms with van der Waals surface area (Å²) < 4.78 is 16.0. The molecule has 1 aliphatic heterocycles. The summed E-state index contributed by atoms with van der Waals surface area (Å²) >= 11 is 5.96. The molecule has 0 unspecified atom stereocenters. The van der Waals surface area contributed by atoms with Crippen LogP contribution in [0.1, 0.15) is 28.3 Å². The molecule has 0 bridgehead atoms. The second-order valence-electron chi connectivity index (χ2n) is 7.68. The largest absolute Gasteiger partial charge is 0.497 e. The topological polar surface area (TPSA) is 77.1 Å². The van der Waals surface area contributed by atoms with Gasteiger partial charge in [-0.3, -0.25) is 9.59 Å². The van der Waals surface area contributed by atoms with E-state index in [0.29, 0.717) is 48.3 Å². The SMILES string of the molecule is COCCCNC(=O)[C@@H]1CN(C(=O)c2ccc(Cl)cc2)C[C@H]1c1cc(OC)ccc1OC. The van der Waals surface area contributed by atoms with Crippen LogP contribution in [0.2, 0.25) is 5.02 Å². The highest BCUT2D eigenvalue weighted by atomic mass is 35.5. The normalized spacial score (nSPS) is 17.8. The Balaban J connectivity index is 1.88. The van der Waals surface area contributed by atoms with Crippen molar-refractivity contribution < 1.29 is 23.8 Å². The lowest BCUT2D eigenvalue weighted by Crippen LogP contribution is -2.36. The smallest absolute Gasteiger partial charge is 0.253 e. The fourth-order valence-corrected chi connectivity index (χ4v) is 4.14. The van der Waals surface area contributed by atoms with E-state index in [1.807, 2.05) is 18.2 Å². The van der Waals surface area contributed by atoms with Gasteiger partial charge in [0.25, 0.3) is 5.91 Å². The predicted octanol–water partition coefficient (Wildman–Crippen LogP) is 3.37. The summed E-state index contributed by atoms with van der Waals surface area (Å²) in [4.78, 5) is 28.0. The second-order valence-corrected chi connectivity index (χ2v) is 8.11. The number of amides is 2. The average molecular weight is 461 g/mol. The van der Waals surface area contributed by atoms with Crippen LogP contribution in [0.15, 0.2) is 42.5 Å². The molecule has 0 aromatic heterocycles. The molecule has 7 nitrogen and oxygen atoms in total. The molecule has 2 atom stereocenters. The van der Waals surface area contributed by atoms with Gasteiger partial charge in [0.2, 0.25) is 5.91 Å². The Bertz CT molecular complexity index is 934. The number of hydrogen-bond acceptors (Lipinski definition) is 5. The summed E-state index contributed by atoms with van der Waals surface area (Å²) in [6, 6.07) is 12.3. The molecule has 0 spiro atoms. The van der Waals surface area contributed by atoms with Crippen LogP contribution in [0, 0.1) is 5.92 Å². The first-order valence-electron chi connectivity index (χ1n) is 10.5. The number of ether oxygens (including phenoxy) is 3. The maximum atomic E-state index is 13.2. The zero-order chi connectivity index (χ0) is 23.1. The standard InChI is InChI=1S/C24H29ClN2O5/c1-30-12-4-11-26-23(28)21-15-27(24(29)16-5-7-17(25)8-6-16)14-20(21)19-13-18(31-2)9-10-22(19)32-3/h5-10,13,20-21H,4,11-12,14-15H2,1-3H3,(H,26,28)/t20-,21+/m0/s1. The van der Waals surface area contributed by atoms with Crippen LogP contribution in [0.5, 0.6) is 11.5 Å². The number of likely N-dealkylation sites (tertiary alicyclic amines) is 1. The van der Waals surface area contributed by atoms with Gasteiger partial charge >= 0.3 is 0 Å². The lowest BCUT2D eigenvalue weighted by atomic mass is 9.87. The number of carbonyl (C=O) groups is 2. The van der Waals surface area contributed by atoms with Gasteiger partial charge in [-0.1, -0.05) is 11.6 Å². The zero-order valence-corrected chi connectivity index (χ0v) is 19.4. The van der Waals surface area contributed by atoms with Gasteiger partial charge in [0.15, 0.2) is 0 Å². The molecule has 1 N–H and O–H groups in total. The van der Waals surface area contributed by atoms with Gasteiger partial charge < -0.3 is 24.4 Å². The Morgan fingerprint density at radius 3 is 2.47 bits per heavy atom. The van der Waals surface area contributed by atoms with Crippen molar-refractivity contribution in [3.05, 3.63) is 58.6 Å². The Morgan fingerprint density at radius 1 is 1.06 bits per heavy atom. The van der Waals surface area contributed by atoms with Crippen LogP contribution in [0.25, 0.3) is 0 Å². The molecule has 8 heteroatoms. The fraction of sp³-hybridized carbons (Fsp3) is 0.417. The first-order valence-corrected chi connectivity index (χ1v) is 10.9. The summed E-state index contributed by atoms with van der Waals surface area (Å²) in [7, 11) is 4.82. The molecule has 2 aromatic rings. The third-order valence-corrected chi connectivity index (χ3v) is 5.95. The van der Waals surface area contributed by atoms with Crippen molar-refractivity contribution in [2.45, 2.75) is 12.3 Å². The molecule has 2 aromatic carbocycles. The minimum Gasteiger partial charge on any atom is -0.497 e. The maximum Gasteiger partial charge on any atom is 0.253 e. The third kappa shape index (κ3) is 5.53. The third-order valence-electron chi connectivity index (χ3n) is 5.70. The van der Waals surface area contributed by atoms with Crippen LogP contribution in [0.3, 0.4) is 0 Å². The van der Waals surface area contributed by atoms with Crippen LogP contribution < -0.4 is 14.8 Å². The Labute approximate surface area is 193 Å². The maximum absolute atomic E-state index is 13.2. The van der Waals surface area contributed by atoms with E-state index in [-0.39, 0.29) is 17.7 Å². The van der Waals surface area contributed by atoms with Crippen molar-refractivity contribution in [2.75, 3.05) is 47.6 Å². The molecule has 1 heterocycles. The highest BCUT2D eigenvalue weighted by Gasteiger charge is 2.41. The minimum absolute atomic E-state index is 0.0950. The Morgan fingerprint density at radius 2 is 1.81 bits per heavy atom. The van der Waals surface area contributed by atoms with E-state index in [9.17, 15) is 9.59 Å². The van der Waals surface area contributed by atoms with Crippen LogP contribution in [0.4, 0.5) is 0 Å². The number of nitrogens with zero attached hydrogens (tertiary/aromatic N) is 1. The van der Waals surface area contributed by atoms with E-state index >= 15 is 0 Å². The van der Waals surface area contributed by atoms with Crippen molar-refractivity contribution in [1.82, 2.24) is 10.2 Å². The molecule has 1 aliphatic rings. The second kappa shape index (κ2) is 11.2. The molecule has 1 fully saturated rings. The van der Waals surface area contributed by atoms with Gasteiger partial charge in [-0.2, -0.15) is 0 Å². The zero-order valence-electron chi connectivity index (χ0n) is 18.6. The van der Waals surface area contributed by atoms with E-state index in [4.69, 9.17) is 25.8 Å². The van der Waals surface area contributed by atoms with Crippen molar-refractivity contribution in [2.24, 2.45) is 5.92 Å². The fourth-order valence-electron chi connectivity index (χ4n) is 4.01. The molecular weight excluding hydrogens is 432 g/mol. The summed E-state index contributed by atoms with van der Waals surface area (Å²) in [5.41, 5.74) is 1.38. The van der Waals surface area contributed by atoms with E-state index in [1.165, 1.54) is 0 Å². The lowest BCUT2D eigenvalue weighted by Gasteiger charge is -2.21. The molecule has 2 amide bonds. The van der Waals surface area contributed by atoms with E-state index < -0.39 is 5.92 Å². The summed E-state index contributed by atoms with van der Waals surface area (Å²) in [5, 5.41) is 3.55. The molecule has 172 valence electrons. The van der Waals surface area contributed by atoms with E-state index in [2.05, 4.69) is 5.32 Å². The average Bonchev–Trinajstić information content (AvgIpc) is 3.26. The molecule has 1 saturated heterocycles. The van der Waals surface area contributed by atoms with Crippen molar-refractivity contribution in [3.8, 4) is 11.5 Å². The van der Waals surface area contributed by atoms with Crippen LogP contribution in [-0.2, 0) is 9.53 Å². The van der Waals surface area contributed by atoms with Gasteiger partial charge in [-0.05, 0) is 48.9 Å². The number of carbonyl (C=O) groups excluding carboxylic acids is 2. The number of nitrogens with one attached hydrogen (secondary N) is 1. The van der Waals surface area contributed by atoms with Gasteiger partial charge in [0.05, 0.1) is 20.1 Å². The van der Waals surface area contributed by atoms with E-state index in [1.54, 1.807) is 50.5 Å². The molecule has 0 saturated carbocycles. The molecule has 3 rings (SSSR count). The van der Waals surface area contributed by atoms with Gasteiger partial charge in [-0.25, -0.2) is 0 Å². The number of halogens is 1. The summed E-state index contributed by atoms with van der Waals surface area (Å²) in [6.45, 7) is 1.78. The number of methoxy groups -OCH3 is 3. The number of rotatable bonds is 9.